The van der Waals surface area contributed by atoms with E-state index in [1.165, 1.54) is 4.88 Å². The SMILES string of the molecule is CNC(=O)c1ccc(CNC(=O)CCCc2cccs2)cc1. The molecule has 0 aliphatic heterocycles. The number of hydrogen-bond acceptors (Lipinski definition) is 3. The third-order valence-electron chi connectivity index (χ3n) is 3.34. The largest absolute Gasteiger partial charge is 0.355 e. The number of benzene rings is 1. The zero-order chi connectivity index (χ0) is 15.8. The van der Waals surface area contributed by atoms with Gasteiger partial charge in [0, 0.05) is 30.5 Å². The van der Waals surface area contributed by atoms with Crippen molar-refractivity contribution < 1.29 is 9.59 Å². The van der Waals surface area contributed by atoms with E-state index in [-0.39, 0.29) is 11.8 Å². The molecular weight excluding hydrogens is 296 g/mol. The molecule has 4 nitrogen and oxygen atoms in total. The van der Waals surface area contributed by atoms with Gasteiger partial charge >= 0.3 is 0 Å². The monoisotopic (exact) mass is 316 g/mol. The van der Waals surface area contributed by atoms with E-state index < -0.39 is 0 Å². The maximum Gasteiger partial charge on any atom is 0.251 e. The summed E-state index contributed by atoms with van der Waals surface area (Å²) < 4.78 is 0. The van der Waals surface area contributed by atoms with Gasteiger partial charge in [-0.05, 0) is 42.0 Å². The highest BCUT2D eigenvalue weighted by molar-refractivity contribution is 7.09. The lowest BCUT2D eigenvalue weighted by molar-refractivity contribution is -0.121. The summed E-state index contributed by atoms with van der Waals surface area (Å²) in [5.41, 5.74) is 1.60. The van der Waals surface area contributed by atoms with Crippen molar-refractivity contribution in [3.05, 3.63) is 57.8 Å². The Morgan fingerprint density at radius 3 is 2.55 bits per heavy atom. The maximum atomic E-state index is 11.8. The predicted molar refractivity (Wildman–Crippen MR) is 88.9 cm³/mol. The molecule has 0 spiro atoms. The smallest absolute Gasteiger partial charge is 0.251 e. The molecule has 116 valence electrons. The van der Waals surface area contributed by atoms with Crippen LogP contribution < -0.4 is 10.6 Å². The van der Waals surface area contributed by atoms with Crippen LogP contribution in [0.15, 0.2) is 41.8 Å². The fourth-order valence-corrected chi connectivity index (χ4v) is 2.84. The minimum absolute atomic E-state index is 0.0620. The summed E-state index contributed by atoms with van der Waals surface area (Å²) >= 11 is 1.73. The van der Waals surface area contributed by atoms with Crippen molar-refractivity contribution in [2.45, 2.75) is 25.8 Å². The summed E-state index contributed by atoms with van der Waals surface area (Å²) in [5, 5.41) is 7.54. The molecule has 2 rings (SSSR count). The van der Waals surface area contributed by atoms with Crippen LogP contribution in [0.25, 0.3) is 0 Å². The van der Waals surface area contributed by atoms with Gasteiger partial charge in [-0.15, -0.1) is 11.3 Å². The Kier molecular flexibility index (Phi) is 6.15. The van der Waals surface area contributed by atoms with Gasteiger partial charge in [0.2, 0.25) is 5.91 Å². The van der Waals surface area contributed by atoms with Crippen LogP contribution in [0.4, 0.5) is 0 Å². The van der Waals surface area contributed by atoms with E-state index in [2.05, 4.69) is 22.1 Å². The van der Waals surface area contributed by atoms with Crippen molar-refractivity contribution in [3.8, 4) is 0 Å². The van der Waals surface area contributed by atoms with Crippen molar-refractivity contribution in [3.63, 3.8) is 0 Å². The van der Waals surface area contributed by atoms with Crippen molar-refractivity contribution >= 4 is 23.2 Å². The van der Waals surface area contributed by atoms with E-state index >= 15 is 0 Å². The highest BCUT2D eigenvalue weighted by atomic mass is 32.1. The van der Waals surface area contributed by atoms with Crippen LogP contribution in [0.5, 0.6) is 0 Å². The highest BCUT2D eigenvalue weighted by Crippen LogP contribution is 2.12. The van der Waals surface area contributed by atoms with Crippen LogP contribution in [0.2, 0.25) is 0 Å². The summed E-state index contributed by atoms with van der Waals surface area (Å²) in [6.45, 7) is 0.492. The average molecular weight is 316 g/mol. The number of carbonyl (C=O) groups is 2. The van der Waals surface area contributed by atoms with Gasteiger partial charge in [0.15, 0.2) is 0 Å². The summed E-state index contributed by atoms with van der Waals surface area (Å²) in [7, 11) is 1.60. The summed E-state index contributed by atoms with van der Waals surface area (Å²) in [6, 6.07) is 11.4. The molecule has 0 bridgehead atoms. The molecule has 5 heteroatoms. The van der Waals surface area contributed by atoms with Crippen molar-refractivity contribution in [1.82, 2.24) is 10.6 Å². The molecule has 0 saturated heterocycles. The highest BCUT2D eigenvalue weighted by Gasteiger charge is 2.04. The molecule has 0 aliphatic carbocycles. The van der Waals surface area contributed by atoms with E-state index in [1.807, 2.05) is 18.2 Å². The number of thiophene rings is 1. The standard InChI is InChI=1S/C17H20N2O2S/c1-18-17(21)14-9-7-13(8-10-14)12-19-16(20)6-2-4-15-5-3-11-22-15/h3,5,7-11H,2,4,6,12H2,1H3,(H,18,21)(H,19,20). The van der Waals surface area contributed by atoms with E-state index in [1.54, 1.807) is 30.5 Å². The quantitative estimate of drug-likeness (QED) is 0.825. The minimum atomic E-state index is -0.107. The van der Waals surface area contributed by atoms with E-state index in [0.29, 0.717) is 18.5 Å². The Bertz CT molecular complexity index is 606. The molecule has 2 aromatic rings. The fraction of sp³-hybridized carbons (Fsp3) is 0.294. The zero-order valence-electron chi connectivity index (χ0n) is 12.6. The molecule has 1 aromatic carbocycles. The molecule has 0 aliphatic rings. The Morgan fingerprint density at radius 1 is 1.14 bits per heavy atom. The number of rotatable bonds is 7. The van der Waals surface area contributed by atoms with Crippen LogP contribution in [0, 0.1) is 0 Å². The Hall–Kier alpha value is -2.14. The molecule has 0 fully saturated rings. The summed E-state index contributed by atoms with van der Waals surface area (Å²) in [6.07, 6.45) is 2.35. The van der Waals surface area contributed by atoms with Gasteiger partial charge in [0.05, 0.1) is 0 Å². The molecule has 22 heavy (non-hydrogen) atoms. The molecule has 2 amide bonds. The lowest BCUT2D eigenvalue weighted by Gasteiger charge is -2.06. The third kappa shape index (κ3) is 5.00. The third-order valence-corrected chi connectivity index (χ3v) is 4.28. The fourth-order valence-electron chi connectivity index (χ4n) is 2.09. The van der Waals surface area contributed by atoms with Crippen LogP contribution in [0.3, 0.4) is 0 Å². The Balaban J connectivity index is 1.70. The van der Waals surface area contributed by atoms with Gasteiger partial charge in [-0.3, -0.25) is 9.59 Å². The van der Waals surface area contributed by atoms with Crippen molar-refractivity contribution in [2.75, 3.05) is 7.05 Å². The Labute approximate surface area is 134 Å². The number of carbonyl (C=O) groups excluding carboxylic acids is 2. The van der Waals surface area contributed by atoms with Crippen molar-refractivity contribution in [1.29, 1.82) is 0 Å². The molecule has 1 aromatic heterocycles. The van der Waals surface area contributed by atoms with Gasteiger partial charge in [0.25, 0.3) is 5.91 Å². The second kappa shape index (κ2) is 8.34. The lowest BCUT2D eigenvalue weighted by Crippen LogP contribution is -2.22. The Morgan fingerprint density at radius 2 is 1.91 bits per heavy atom. The number of nitrogens with one attached hydrogen (secondary N) is 2. The topological polar surface area (TPSA) is 58.2 Å². The molecule has 2 N–H and O–H groups in total. The molecule has 1 heterocycles. The van der Waals surface area contributed by atoms with Gasteiger partial charge in [-0.1, -0.05) is 18.2 Å². The van der Waals surface area contributed by atoms with E-state index in [4.69, 9.17) is 0 Å². The second-order valence-corrected chi connectivity index (χ2v) is 6.02. The van der Waals surface area contributed by atoms with Gasteiger partial charge in [0.1, 0.15) is 0 Å². The predicted octanol–water partition coefficient (Wildman–Crippen LogP) is 2.75. The van der Waals surface area contributed by atoms with Crippen LogP contribution >= 0.6 is 11.3 Å². The first kappa shape index (κ1) is 16.2. The first-order chi connectivity index (χ1) is 10.7. The van der Waals surface area contributed by atoms with Crippen LogP contribution in [0.1, 0.15) is 33.6 Å². The van der Waals surface area contributed by atoms with E-state index in [9.17, 15) is 9.59 Å². The van der Waals surface area contributed by atoms with Gasteiger partial charge < -0.3 is 10.6 Å². The van der Waals surface area contributed by atoms with Crippen molar-refractivity contribution in [2.24, 2.45) is 0 Å². The molecular formula is C17H20N2O2S. The van der Waals surface area contributed by atoms with Crippen LogP contribution in [-0.4, -0.2) is 18.9 Å². The lowest BCUT2D eigenvalue weighted by atomic mass is 10.1. The average Bonchev–Trinajstić information content (AvgIpc) is 3.06. The number of aryl methyl sites for hydroxylation is 1. The summed E-state index contributed by atoms with van der Waals surface area (Å²) in [5.74, 6) is -0.0453. The zero-order valence-corrected chi connectivity index (χ0v) is 13.4. The minimum Gasteiger partial charge on any atom is -0.355 e. The van der Waals surface area contributed by atoms with E-state index in [0.717, 1.165) is 18.4 Å². The number of amides is 2. The van der Waals surface area contributed by atoms with Crippen LogP contribution in [-0.2, 0) is 17.8 Å². The molecule has 0 saturated carbocycles. The second-order valence-electron chi connectivity index (χ2n) is 4.99. The maximum absolute atomic E-state index is 11.8. The first-order valence-electron chi connectivity index (χ1n) is 7.29. The van der Waals surface area contributed by atoms with Gasteiger partial charge in [-0.25, -0.2) is 0 Å². The normalized spacial score (nSPS) is 10.2. The number of hydrogen-bond donors (Lipinski definition) is 2. The molecule has 0 unspecified atom stereocenters. The molecule has 0 radical (unpaired) electrons. The first-order valence-corrected chi connectivity index (χ1v) is 8.17. The summed E-state index contributed by atoms with van der Waals surface area (Å²) in [4.78, 5) is 24.5. The molecule has 0 atom stereocenters. The van der Waals surface area contributed by atoms with Gasteiger partial charge in [-0.2, -0.15) is 0 Å².